The third-order valence-electron chi connectivity index (χ3n) is 3.97. The Morgan fingerprint density at radius 1 is 1.13 bits per heavy atom. The van der Waals surface area contributed by atoms with Crippen LogP contribution in [-0.2, 0) is 0 Å². The Bertz CT molecular complexity index is 881. The Balaban J connectivity index is 2.23. The number of nitrogens with zero attached hydrogens (tertiary/aromatic N) is 1. The van der Waals surface area contributed by atoms with E-state index in [4.69, 9.17) is 10.5 Å². The maximum absolute atomic E-state index is 9.54. The molecule has 1 heterocycles. The zero-order valence-electron chi connectivity index (χ0n) is 12.9. The lowest BCUT2D eigenvalue weighted by molar-refractivity contribution is 0.415. The molecule has 0 atom stereocenters. The van der Waals surface area contributed by atoms with Crippen molar-refractivity contribution in [3.63, 3.8) is 0 Å². The fourth-order valence-electron chi connectivity index (χ4n) is 2.74. The molecule has 0 spiro atoms. The van der Waals surface area contributed by atoms with Crippen molar-refractivity contribution in [2.45, 2.75) is 6.92 Å². The van der Waals surface area contributed by atoms with Gasteiger partial charge in [-0.2, -0.15) is 0 Å². The number of anilines is 1. The van der Waals surface area contributed by atoms with Crippen LogP contribution in [0.1, 0.15) is 5.56 Å². The van der Waals surface area contributed by atoms with Crippen LogP contribution >= 0.6 is 0 Å². The zero-order valence-corrected chi connectivity index (χ0v) is 12.9. The number of aromatic nitrogens is 1. The molecule has 3 rings (SSSR count). The number of ether oxygens (including phenoxy) is 1. The number of hydrogen-bond donors (Lipinski definition) is 3. The molecule has 0 amide bonds. The van der Waals surface area contributed by atoms with Crippen molar-refractivity contribution in [1.29, 1.82) is 0 Å². The molecule has 4 N–H and O–H groups in total. The molecule has 1 aromatic heterocycles. The van der Waals surface area contributed by atoms with Crippen LogP contribution < -0.4 is 15.9 Å². The summed E-state index contributed by atoms with van der Waals surface area (Å²) in [5.41, 5.74) is 8.79. The molecule has 5 nitrogen and oxygen atoms in total. The van der Waals surface area contributed by atoms with Gasteiger partial charge in [0, 0.05) is 17.1 Å². The van der Waals surface area contributed by atoms with E-state index in [1.807, 2.05) is 31.2 Å². The summed E-state index contributed by atoms with van der Waals surface area (Å²) in [5, 5.41) is 20.9. The highest BCUT2D eigenvalue weighted by molar-refractivity contribution is 6.59. The molecule has 0 aliphatic heterocycles. The Hall–Kier alpha value is -2.57. The summed E-state index contributed by atoms with van der Waals surface area (Å²) in [6.07, 6.45) is 1.66. The highest BCUT2D eigenvalue weighted by Gasteiger charge is 2.18. The fraction of sp³-hybridized carbons (Fsp3) is 0.118. The third-order valence-corrected chi connectivity index (χ3v) is 3.97. The highest BCUT2D eigenvalue weighted by atomic mass is 16.5. The minimum absolute atomic E-state index is 0.454. The Kier molecular flexibility index (Phi) is 3.94. The van der Waals surface area contributed by atoms with E-state index < -0.39 is 7.12 Å². The molecule has 3 aromatic rings. The molecule has 0 saturated carbocycles. The highest BCUT2D eigenvalue weighted by Crippen LogP contribution is 2.33. The summed E-state index contributed by atoms with van der Waals surface area (Å²) in [7, 11) is 0.0657. The van der Waals surface area contributed by atoms with Crippen molar-refractivity contribution < 1.29 is 14.8 Å². The fourth-order valence-corrected chi connectivity index (χ4v) is 2.74. The molecule has 0 aliphatic carbocycles. The van der Waals surface area contributed by atoms with E-state index in [0.717, 1.165) is 27.5 Å². The largest absolute Gasteiger partial charge is 0.496 e. The molecule has 0 fully saturated rings. The SMILES string of the molecule is COc1cc(C)c(B(O)O)cc1-c1ccc2c(N)nccc2c1. The van der Waals surface area contributed by atoms with Gasteiger partial charge < -0.3 is 20.5 Å². The maximum atomic E-state index is 9.54. The van der Waals surface area contributed by atoms with Crippen molar-refractivity contribution in [2.75, 3.05) is 12.8 Å². The number of benzene rings is 2. The van der Waals surface area contributed by atoms with E-state index in [1.165, 1.54) is 0 Å². The van der Waals surface area contributed by atoms with Gasteiger partial charge in [-0.3, -0.25) is 0 Å². The van der Waals surface area contributed by atoms with Crippen LogP contribution in [-0.4, -0.2) is 29.3 Å². The van der Waals surface area contributed by atoms with Gasteiger partial charge in [-0.25, -0.2) is 4.98 Å². The lowest BCUT2D eigenvalue weighted by Gasteiger charge is -2.14. The molecule has 0 bridgehead atoms. The third kappa shape index (κ3) is 2.74. The summed E-state index contributed by atoms with van der Waals surface area (Å²) in [6, 6.07) is 11.2. The number of hydrogen-bond acceptors (Lipinski definition) is 5. The van der Waals surface area contributed by atoms with Gasteiger partial charge in [-0.1, -0.05) is 18.2 Å². The number of nitrogen functional groups attached to an aromatic ring is 1. The molecule has 0 unspecified atom stereocenters. The van der Waals surface area contributed by atoms with Crippen LogP contribution in [0.15, 0.2) is 42.6 Å². The first-order valence-electron chi connectivity index (χ1n) is 7.20. The van der Waals surface area contributed by atoms with Gasteiger partial charge in [0.15, 0.2) is 0 Å². The molecule has 0 radical (unpaired) electrons. The van der Waals surface area contributed by atoms with Gasteiger partial charge in [0.05, 0.1) is 7.11 Å². The van der Waals surface area contributed by atoms with E-state index in [-0.39, 0.29) is 0 Å². The molecule has 6 heteroatoms. The Labute approximate surface area is 134 Å². The van der Waals surface area contributed by atoms with E-state index in [9.17, 15) is 10.0 Å². The molecular weight excluding hydrogens is 291 g/mol. The molecule has 0 saturated heterocycles. The average Bonchev–Trinajstić information content (AvgIpc) is 2.54. The zero-order chi connectivity index (χ0) is 16.6. The minimum Gasteiger partial charge on any atom is -0.496 e. The molecule has 2 aromatic carbocycles. The first-order valence-corrected chi connectivity index (χ1v) is 7.20. The van der Waals surface area contributed by atoms with Gasteiger partial charge in [0.1, 0.15) is 11.6 Å². The second kappa shape index (κ2) is 5.91. The van der Waals surface area contributed by atoms with Crippen LogP contribution in [0, 0.1) is 6.92 Å². The maximum Gasteiger partial charge on any atom is 0.488 e. The van der Waals surface area contributed by atoms with Crippen molar-refractivity contribution >= 4 is 29.2 Å². The van der Waals surface area contributed by atoms with E-state index in [0.29, 0.717) is 17.0 Å². The predicted molar refractivity (Wildman–Crippen MR) is 92.7 cm³/mol. The first kappa shape index (κ1) is 15.3. The molecule has 116 valence electrons. The van der Waals surface area contributed by atoms with Crippen LogP contribution in [0.3, 0.4) is 0 Å². The second-order valence-electron chi connectivity index (χ2n) is 5.41. The summed E-state index contributed by atoms with van der Waals surface area (Å²) < 4.78 is 5.45. The standard InChI is InChI=1S/C17H17BN2O3/c1-10-7-16(23-2)14(9-15(10)18(21)22)11-3-4-13-12(8-11)5-6-20-17(13)19/h3-9,21-22H,1-2H3,(H2,19,20). The van der Waals surface area contributed by atoms with Crippen LogP contribution in [0.4, 0.5) is 5.82 Å². The molecule has 23 heavy (non-hydrogen) atoms. The molecule has 0 aliphatic rings. The number of nitrogens with two attached hydrogens (primary N) is 1. The normalized spacial score (nSPS) is 10.8. The summed E-state index contributed by atoms with van der Waals surface area (Å²) in [5.74, 6) is 1.16. The van der Waals surface area contributed by atoms with Crippen LogP contribution in [0.25, 0.3) is 21.9 Å². The Morgan fingerprint density at radius 2 is 1.91 bits per heavy atom. The number of fused-ring (bicyclic) bond motifs is 1. The average molecular weight is 308 g/mol. The predicted octanol–water partition coefficient (Wildman–Crippen LogP) is 1.48. The molecular formula is C17H17BN2O3. The quantitative estimate of drug-likeness (QED) is 0.638. The van der Waals surface area contributed by atoms with Crippen LogP contribution in [0.2, 0.25) is 0 Å². The smallest absolute Gasteiger partial charge is 0.488 e. The van der Waals surface area contributed by atoms with Crippen molar-refractivity contribution in [3.05, 3.63) is 48.2 Å². The van der Waals surface area contributed by atoms with E-state index in [1.54, 1.807) is 25.4 Å². The number of methoxy groups -OCH3 is 1. The summed E-state index contributed by atoms with van der Waals surface area (Å²) in [4.78, 5) is 4.08. The van der Waals surface area contributed by atoms with E-state index >= 15 is 0 Å². The lowest BCUT2D eigenvalue weighted by Crippen LogP contribution is -2.32. The van der Waals surface area contributed by atoms with Gasteiger partial charge in [-0.15, -0.1) is 0 Å². The van der Waals surface area contributed by atoms with Gasteiger partial charge in [0.25, 0.3) is 0 Å². The topological polar surface area (TPSA) is 88.6 Å². The van der Waals surface area contributed by atoms with Crippen LogP contribution in [0.5, 0.6) is 5.75 Å². The van der Waals surface area contributed by atoms with Crippen molar-refractivity contribution in [3.8, 4) is 16.9 Å². The number of pyridine rings is 1. The van der Waals surface area contributed by atoms with E-state index in [2.05, 4.69) is 4.98 Å². The number of aryl methyl sites for hydroxylation is 1. The monoisotopic (exact) mass is 308 g/mol. The van der Waals surface area contributed by atoms with Gasteiger partial charge in [-0.05, 0) is 47.1 Å². The number of rotatable bonds is 3. The van der Waals surface area contributed by atoms with Crippen molar-refractivity contribution in [1.82, 2.24) is 4.98 Å². The summed E-state index contributed by atoms with van der Waals surface area (Å²) >= 11 is 0. The van der Waals surface area contributed by atoms with Crippen molar-refractivity contribution in [2.24, 2.45) is 0 Å². The van der Waals surface area contributed by atoms with Gasteiger partial charge in [0.2, 0.25) is 0 Å². The van der Waals surface area contributed by atoms with Gasteiger partial charge >= 0.3 is 7.12 Å². The first-order chi connectivity index (χ1) is 11.0. The lowest BCUT2D eigenvalue weighted by atomic mass is 9.76. The minimum atomic E-state index is -1.53. The second-order valence-corrected chi connectivity index (χ2v) is 5.41. The summed E-state index contributed by atoms with van der Waals surface area (Å²) in [6.45, 7) is 1.81. The Morgan fingerprint density at radius 3 is 2.61 bits per heavy atom.